The van der Waals surface area contributed by atoms with Crippen molar-refractivity contribution in [3.05, 3.63) is 29.6 Å². The lowest BCUT2D eigenvalue weighted by Crippen LogP contribution is -2.47. The molecule has 3 heteroatoms. The van der Waals surface area contributed by atoms with E-state index in [0.717, 1.165) is 12.1 Å². The Labute approximate surface area is 122 Å². The minimum Gasteiger partial charge on any atom is -0.347 e. The maximum absolute atomic E-state index is 12.4. The Bertz CT molecular complexity index is 480. The molecule has 0 saturated heterocycles. The van der Waals surface area contributed by atoms with Crippen molar-refractivity contribution in [1.29, 1.82) is 0 Å². The largest absolute Gasteiger partial charge is 0.347 e. The van der Waals surface area contributed by atoms with E-state index >= 15 is 0 Å². The number of nitrogens with zero attached hydrogens (tertiary/aromatic N) is 1. The van der Waals surface area contributed by atoms with Gasteiger partial charge in [0.05, 0.1) is 0 Å². The summed E-state index contributed by atoms with van der Waals surface area (Å²) in [5, 5.41) is 3.19. The summed E-state index contributed by atoms with van der Waals surface area (Å²) in [6.45, 7) is 8.67. The second kappa shape index (κ2) is 5.94. The monoisotopic (exact) mass is 274 g/mol. The van der Waals surface area contributed by atoms with Gasteiger partial charge >= 0.3 is 0 Å². The molecule has 1 aliphatic carbocycles. The standard InChI is InChI=1S/C17H26N2O/c1-12(2)13-8-7-9-14(18-13)16(20)19-15-10-5-6-11-17(15,3)4/h7-9,12,15H,5-6,10-11H2,1-4H3,(H,19,20). The molecule has 1 saturated carbocycles. The summed E-state index contributed by atoms with van der Waals surface area (Å²) in [7, 11) is 0. The first-order valence-corrected chi connectivity index (χ1v) is 7.68. The number of hydrogen-bond acceptors (Lipinski definition) is 2. The highest BCUT2D eigenvalue weighted by Gasteiger charge is 2.33. The molecule has 0 aromatic carbocycles. The van der Waals surface area contributed by atoms with Gasteiger partial charge in [-0.05, 0) is 36.3 Å². The molecule has 20 heavy (non-hydrogen) atoms. The van der Waals surface area contributed by atoms with E-state index in [1.54, 1.807) is 6.07 Å². The van der Waals surface area contributed by atoms with Crippen molar-refractivity contribution in [3.63, 3.8) is 0 Å². The van der Waals surface area contributed by atoms with Gasteiger partial charge in [0.1, 0.15) is 5.69 Å². The third kappa shape index (κ3) is 3.38. The van der Waals surface area contributed by atoms with E-state index in [1.165, 1.54) is 19.3 Å². The van der Waals surface area contributed by atoms with E-state index in [1.807, 2.05) is 12.1 Å². The van der Waals surface area contributed by atoms with Gasteiger partial charge in [-0.2, -0.15) is 0 Å². The van der Waals surface area contributed by atoms with Crippen molar-refractivity contribution in [3.8, 4) is 0 Å². The zero-order valence-electron chi connectivity index (χ0n) is 13.1. The average molecular weight is 274 g/mol. The van der Waals surface area contributed by atoms with Crippen LogP contribution < -0.4 is 5.32 Å². The molecule has 0 aliphatic heterocycles. The van der Waals surface area contributed by atoms with Crippen LogP contribution >= 0.6 is 0 Å². The topological polar surface area (TPSA) is 42.0 Å². The molecule has 3 nitrogen and oxygen atoms in total. The fraction of sp³-hybridized carbons (Fsp3) is 0.647. The third-order valence-electron chi connectivity index (χ3n) is 4.41. The minimum atomic E-state index is -0.0347. The number of nitrogens with one attached hydrogen (secondary N) is 1. The fourth-order valence-corrected chi connectivity index (χ4v) is 2.89. The highest BCUT2D eigenvalue weighted by atomic mass is 16.1. The lowest BCUT2D eigenvalue weighted by atomic mass is 9.73. The number of pyridine rings is 1. The number of carbonyl (C=O) groups is 1. The van der Waals surface area contributed by atoms with Crippen molar-refractivity contribution in [2.45, 2.75) is 65.3 Å². The molecule has 1 fully saturated rings. The molecule has 1 heterocycles. The summed E-state index contributed by atoms with van der Waals surface area (Å²) in [4.78, 5) is 16.9. The van der Waals surface area contributed by atoms with Gasteiger partial charge in [-0.3, -0.25) is 4.79 Å². The lowest BCUT2D eigenvalue weighted by Gasteiger charge is -2.38. The van der Waals surface area contributed by atoms with E-state index < -0.39 is 0 Å². The van der Waals surface area contributed by atoms with Gasteiger partial charge in [0.25, 0.3) is 5.91 Å². The Morgan fingerprint density at radius 3 is 2.75 bits per heavy atom. The Kier molecular flexibility index (Phi) is 4.46. The van der Waals surface area contributed by atoms with E-state index in [4.69, 9.17) is 0 Å². The molecule has 0 radical (unpaired) electrons. The summed E-state index contributed by atoms with van der Waals surface area (Å²) < 4.78 is 0. The van der Waals surface area contributed by atoms with Crippen LogP contribution in [0.2, 0.25) is 0 Å². The molecule has 110 valence electrons. The molecule has 1 N–H and O–H groups in total. The third-order valence-corrected chi connectivity index (χ3v) is 4.41. The molecular weight excluding hydrogens is 248 g/mol. The molecule has 1 aliphatic rings. The quantitative estimate of drug-likeness (QED) is 0.908. The Hall–Kier alpha value is -1.38. The van der Waals surface area contributed by atoms with Crippen molar-refractivity contribution < 1.29 is 4.79 Å². The molecule has 1 aromatic heterocycles. The first-order chi connectivity index (χ1) is 9.40. The van der Waals surface area contributed by atoms with Crippen molar-refractivity contribution in [2.75, 3.05) is 0 Å². The van der Waals surface area contributed by atoms with Crippen LogP contribution in [0.15, 0.2) is 18.2 Å². The van der Waals surface area contributed by atoms with Gasteiger partial charge in [0, 0.05) is 11.7 Å². The van der Waals surface area contributed by atoms with Gasteiger partial charge in [-0.25, -0.2) is 4.98 Å². The molecule has 1 aromatic rings. The van der Waals surface area contributed by atoms with E-state index in [9.17, 15) is 4.79 Å². The van der Waals surface area contributed by atoms with E-state index in [2.05, 4.69) is 38.0 Å². The number of aromatic nitrogens is 1. The van der Waals surface area contributed by atoms with Crippen LogP contribution in [0.4, 0.5) is 0 Å². The Morgan fingerprint density at radius 1 is 1.35 bits per heavy atom. The van der Waals surface area contributed by atoms with Crippen molar-refractivity contribution in [1.82, 2.24) is 10.3 Å². The summed E-state index contributed by atoms with van der Waals surface area (Å²) >= 11 is 0. The van der Waals surface area contributed by atoms with Gasteiger partial charge in [0.15, 0.2) is 0 Å². The highest BCUT2D eigenvalue weighted by molar-refractivity contribution is 5.92. The molecule has 0 bridgehead atoms. The van der Waals surface area contributed by atoms with Crippen molar-refractivity contribution >= 4 is 5.91 Å². The zero-order chi connectivity index (χ0) is 14.8. The normalized spacial score (nSPS) is 21.8. The van der Waals surface area contributed by atoms with Crippen LogP contribution in [0.5, 0.6) is 0 Å². The predicted octanol–water partition coefficient (Wildman–Crippen LogP) is 3.90. The number of amides is 1. The van der Waals surface area contributed by atoms with Crippen LogP contribution in [0, 0.1) is 5.41 Å². The molecule has 1 amide bonds. The Morgan fingerprint density at radius 2 is 2.10 bits per heavy atom. The van der Waals surface area contributed by atoms with Crippen molar-refractivity contribution in [2.24, 2.45) is 5.41 Å². The van der Waals surface area contributed by atoms with Crippen LogP contribution in [0.1, 0.15) is 75.5 Å². The number of carbonyl (C=O) groups excluding carboxylic acids is 1. The first-order valence-electron chi connectivity index (χ1n) is 7.68. The van der Waals surface area contributed by atoms with Crippen LogP contribution in [-0.4, -0.2) is 16.9 Å². The minimum absolute atomic E-state index is 0.0347. The maximum Gasteiger partial charge on any atom is 0.270 e. The van der Waals surface area contributed by atoms with E-state index in [0.29, 0.717) is 11.6 Å². The summed E-state index contributed by atoms with van der Waals surface area (Å²) in [5.41, 5.74) is 1.70. The molecule has 1 atom stereocenters. The molecule has 0 spiro atoms. The SMILES string of the molecule is CC(C)c1cccc(C(=O)NC2CCCCC2(C)C)n1. The highest BCUT2D eigenvalue weighted by Crippen LogP contribution is 2.35. The molecule has 1 unspecified atom stereocenters. The first kappa shape index (κ1) is 15.0. The number of rotatable bonds is 3. The molecule has 2 rings (SSSR count). The second-order valence-corrected chi connectivity index (χ2v) is 6.86. The second-order valence-electron chi connectivity index (χ2n) is 6.86. The van der Waals surface area contributed by atoms with Gasteiger partial charge in [0.2, 0.25) is 0 Å². The van der Waals surface area contributed by atoms with Crippen LogP contribution in [-0.2, 0) is 0 Å². The maximum atomic E-state index is 12.4. The van der Waals surface area contributed by atoms with Crippen LogP contribution in [0.25, 0.3) is 0 Å². The smallest absolute Gasteiger partial charge is 0.270 e. The molecular formula is C17H26N2O. The Balaban J connectivity index is 2.10. The number of hydrogen-bond donors (Lipinski definition) is 1. The lowest BCUT2D eigenvalue weighted by molar-refractivity contribution is 0.0848. The summed E-state index contributed by atoms with van der Waals surface area (Å²) in [5.74, 6) is 0.307. The fourth-order valence-electron chi connectivity index (χ4n) is 2.89. The summed E-state index contributed by atoms with van der Waals surface area (Å²) in [6.07, 6.45) is 4.72. The van der Waals surface area contributed by atoms with Gasteiger partial charge in [-0.1, -0.05) is 46.6 Å². The van der Waals surface area contributed by atoms with Gasteiger partial charge in [-0.15, -0.1) is 0 Å². The summed E-state index contributed by atoms with van der Waals surface area (Å²) in [6, 6.07) is 5.96. The van der Waals surface area contributed by atoms with E-state index in [-0.39, 0.29) is 17.4 Å². The average Bonchev–Trinajstić information content (AvgIpc) is 2.41. The predicted molar refractivity (Wildman–Crippen MR) is 81.8 cm³/mol. The van der Waals surface area contributed by atoms with Crippen LogP contribution in [0.3, 0.4) is 0 Å². The zero-order valence-corrected chi connectivity index (χ0v) is 13.1. The van der Waals surface area contributed by atoms with Gasteiger partial charge < -0.3 is 5.32 Å².